The van der Waals surface area contributed by atoms with Crippen molar-refractivity contribution in [2.24, 2.45) is 5.73 Å². The van der Waals surface area contributed by atoms with Crippen molar-refractivity contribution in [3.05, 3.63) is 23.3 Å². The Kier molecular flexibility index (Phi) is 3.24. The number of hydrogen-bond acceptors (Lipinski definition) is 3. The van der Waals surface area contributed by atoms with Gasteiger partial charge in [0, 0.05) is 11.6 Å². The SMILES string of the molecule is COc1c(F)cc(F)c(O)c1CCN. The molecule has 0 aliphatic rings. The van der Waals surface area contributed by atoms with Crippen LogP contribution in [0.1, 0.15) is 5.56 Å². The molecule has 5 heteroatoms. The summed E-state index contributed by atoms with van der Waals surface area (Å²) in [5.41, 5.74) is 5.30. The van der Waals surface area contributed by atoms with Crippen molar-refractivity contribution in [3.8, 4) is 11.5 Å². The van der Waals surface area contributed by atoms with Crippen LogP contribution in [0.4, 0.5) is 8.78 Å². The summed E-state index contributed by atoms with van der Waals surface area (Å²) in [6.45, 7) is 0.173. The minimum Gasteiger partial charge on any atom is -0.505 e. The maximum absolute atomic E-state index is 13.1. The molecule has 0 radical (unpaired) electrons. The van der Waals surface area contributed by atoms with E-state index in [1.165, 1.54) is 7.11 Å². The molecular formula is C9H11F2NO2. The highest BCUT2D eigenvalue weighted by Crippen LogP contribution is 2.33. The quantitative estimate of drug-likeness (QED) is 0.775. The Balaban J connectivity index is 3.32. The maximum atomic E-state index is 13.1. The zero-order valence-electron chi connectivity index (χ0n) is 7.68. The number of phenolic OH excluding ortho intramolecular Hbond substituents is 1. The molecule has 14 heavy (non-hydrogen) atoms. The highest BCUT2D eigenvalue weighted by molar-refractivity contribution is 5.46. The van der Waals surface area contributed by atoms with Crippen molar-refractivity contribution in [1.29, 1.82) is 0 Å². The molecule has 0 fully saturated rings. The van der Waals surface area contributed by atoms with Crippen LogP contribution in [0.15, 0.2) is 6.07 Å². The summed E-state index contributed by atoms with van der Waals surface area (Å²) in [7, 11) is 1.25. The molecule has 0 atom stereocenters. The van der Waals surface area contributed by atoms with E-state index in [9.17, 15) is 13.9 Å². The fraction of sp³-hybridized carbons (Fsp3) is 0.333. The van der Waals surface area contributed by atoms with Gasteiger partial charge in [-0.15, -0.1) is 0 Å². The van der Waals surface area contributed by atoms with Gasteiger partial charge >= 0.3 is 0 Å². The lowest BCUT2D eigenvalue weighted by molar-refractivity contribution is 0.362. The second-order valence-corrected chi connectivity index (χ2v) is 2.74. The third kappa shape index (κ3) is 1.77. The van der Waals surface area contributed by atoms with Crippen molar-refractivity contribution in [2.45, 2.75) is 6.42 Å². The van der Waals surface area contributed by atoms with E-state index in [1.807, 2.05) is 0 Å². The largest absolute Gasteiger partial charge is 0.505 e. The number of halogens is 2. The normalized spacial score (nSPS) is 10.3. The lowest BCUT2D eigenvalue weighted by Gasteiger charge is -2.10. The Labute approximate surface area is 80.1 Å². The Morgan fingerprint density at radius 2 is 2.07 bits per heavy atom. The van der Waals surface area contributed by atoms with Gasteiger partial charge in [-0.1, -0.05) is 0 Å². The van der Waals surface area contributed by atoms with E-state index < -0.39 is 17.4 Å². The second-order valence-electron chi connectivity index (χ2n) is 2.74. The fourth-order valence-corrected chi connectivity index (χ4v) is 1.24. The van der Waals surface area contributed by atoms with Crippen LogP contribution in [0.25, 0.3) is 0 Å². The van der Waals surface area contributed by atoms with Crippen molar-refractivity contribution in [3.63, 3.8) is 0 Å². The summed E-state index contributed by atoms with van der Waals surface area (Å²) in [4.78, 5) is 0. The Bertz CT molecular complexity index is 342. The molecule has 0 bridgehead atoms. The van der Waals surface area contributed by atoms with Crippen LogP contribution in [0.5, 0.6) is 11.5 Å². The van der Waals surface area contributed by atoms with Gasteiger partial charge in [0.25, 0.3) is 0 Å². The summed E-state index contributed by atoms with van der Waals surface area (Å²) < 4.78 is 30.7. The van der Waals surface area contributed by atoms with Crippen LogP contribution in [-0.4, -0.2) is 18.8 Å². The van der Waals surface area contributed by atoms with E-state index >= 15 is 0 Å². The number of phenols is 1. The first-order valence-electron chi connectivity index (χ1n) is 4.05. The number of methoxy groups -OCH3 is 1. The van der Waals surface area contributed by atoms with Crippen molar-refractivity contribution in [1.82, 2.24) is 0 Å². The minimum absolute atomic E-state index is 0.0625. The molecule has 3 N–H and O–H groups in total. The molecule has 3 nitrogen and oxygen atoms in total. The van der Waals surface area contributed by atoms with Gasteiger partial charge in [-0.25, -0.2) is 8.78 Å². The number of aromatic hydroxyl groups is 1. The number of benzene rings is 1. The first-order chi connectivity index (χ1) is 6.61. The summed E-state index contributed by atoms with van der Waals surface area (Å²) in [6, 6.07) is 0.578. The number of rotatable bonds is 3. The van der Waals surface area contributed by atoms with Gasteiger partial charge in [-0.3, -0.25) is 0 Å². The minimum atomic E-state index is -1.01. The molecular weight excluding hydrogens is 192 g/mol. The Morgan fingerprint density at radius 1 is 1.43 bits per heavy atom. The molecule has 0 heterocycles. The first-order valence-corrected chi connectivity index (χ1v) is 4.05. The first kappa shape index (κ1) is 10.7. The Hall–Kier alpha value is -1.36. The van der Waals surface area contributed by atoms with Crippen LogP contribution in [0.2, 0.25) is 0 Å². The average molecular weight is 203 g/mol. The Morgan fingerprint density at radius 3 is 2.57 bits per heavy atom. The summed E-state index contributed by atoms with van der Waals surface area (Å²) in [5.74, 6) is -2.61. The molecule has 78 valence electrons. The molecule has 1 aromatic carbocycles. The molecule has 0 unspecified atom stereocenters. The molecule has 1 rings (SSSR count). The zero-order chi connectivity index (χ0) is 10.7. The smallest absolute Gasteiger partial charge is 0.168 e. The van der Waals surface area contributed by atoms with Gasteiger partial charge < -0.3 is 15.6 Å². The predicted octanol–water partition coefficient (Wildman–Crippen LogP) is 1.18. The van der Waals surface area contributed by atoms with Gasteiger partial charge in [-0.05, 0) is 13.0 Å². The van der Waals surface area contributed by atoms with Gasteiger partial charge in [0.15, 0.2) is 23.1 Å². The number of ether oxygens (including phenoxy) is 1. The fourth-order valence-electron chi connectivity index (χ4n) is 1.24. The van der Waals surface area contributed by atoms with Crippen molar-refractivity contribution >= 4 is 0 Å². The molecule has 0 aliphatic carbocycles. The van der Waals surface area contributed by atoms with Gasteiger partial charge in [-0.2, -0.15) is 0 Å². The van der Waals surface area contributed by atoms with Crippen LogP contribution in [-0.2, 0) is 6.42 Å². The monoisotopic (exact) mass is 203 g/mol. The lowest BCUT2D eigenvalue weighted by atomic mass is 10.1. The number of nitrogens with two attached hydrogens (primary N) is 1. The molecule has 0 saturated carbocycles. The molecule has 0 amide bonds. The lowest BCUT2D eigenvalue weighted by Crippen LogP contribution is -2.06. The van der Waals surface area contributed by atoms with Crippen molar-refractivity contribution in [2.75, 3.05) is 13.7 Å². The summed E-state index contributed by atoms with van der Waals surface area (Å²) in [5, 5.41) is 9.29. The van der Waals surface area contributed by atoms with Gasteiger partial charge in [0.2, 0.25) is 0 Å². The highest BCUT2D eigenvalue weighted by atomic mass is 19.1. The second kappa shape index (κ2) is 4.23. The van der Waals surface area contributed by atoms with Crippen molar-refractivity contribution < 1.29 is 18.6 Å². The standard InChI is InChI=1S/C9H11F2NO2/c1-14-9-5(2-3-12)8(13)6(10)4-7(9)11/h4,13H,2-3,12H2,1H3. The maximum Gasteiger partial charge on any atom is 0.168 e. The van der Waals surface area contributed by atoms with E-state index in [-0.39, 0.29) is 24.3 Å². The zero-order valence-corrected chi connectivity index (χ0v) is 7.68. The van der Waals surface area contributed by atoms with E-state index in [0.29, 0.717) is 6.07 Å². The average Bonchev–Trinajstić information content (AvgIpc) is 2.14. The third-order valence-corrected chi connectivity index (χ3v) is 1.85. The van der Waals surface area contributed by atoms with Crippen LogP contribution < -0.4 is 10.5 Å². The summed E-state index contributed by atoms with van der Waals surface area (Å²) >= 11 is 0. The topological polar surface area (TPSA) is 55.5 Å². The van der Waals surface area contributed by atoms with E-state index in [2.05, 4.69) is 0 Å². The highest BCUT2D eigenvalue weighted by Gasteiger charge is 2.17. The van der Waals surface area contributed by atoms with E-state index in [0.717, 1.165) is 0 Å². The van der Waals surface area contributed by atoms with Crippen LogP contribution in [0, 0.1) is 11.6 Å². The predicted molar refractivity (Wildman–Crippen MR) is 47.3 cm³/mol. The molecule has 0 spiro atoms. The number of hydrogen-bond donors (Lipinski definition) is 2. The van der Waals surface area contributed by atoms with E-state index in [4.69, 9.17) is 10.5 Å². The van der Waals surface area contributed by atoms with Crippen LogP contribution >= 0.6 is 0 Å². The van der Waals surface area contributed by atoms with Gasteiger partial charge in [0.1, 0.15) is 0 Å². The van der Waals surface area contributed by atoms with E-state index in [1.54, 1.807) is 0 Å². The molecule has 1 aromatic rings. The van der Waals surface area contributed by atoms with Crippen LogP contribution in [0.3, 0.4) is 0 Å². The summed E-state index contributed by atoms with van der Waals surface area (Å²) in [6.07, 6.45) is 0.156. The molecule has 0 saturated heterocycles. The molecule has 0 aliphatic heterocycles. The molecule has 0 aromatic heterocycles. The van der Waals surface area contributed by atoms with Gasteiger partial charge in [0.05, 0.1) is 7.11 Å². The third-order valence-electron chi connectivity index (χ3n) is 1.85.